The molecule has 1 N–H and O–H groups in total. The number of hydrogen-bond acceptors (Lipinski definition) is 2. The highest BCUT2D eigenvalue weighted by molar-refractivity contribution is 5.98. The maximum Gasteiger partial charge on any atom is 0.160 e. The van der Waals surface area contributed by atoms with Crippen molar-refractivity contribution in [3.8, 4) is 0 Å². The number of ketones is 1. The SMILES string of the molecule is C=C/C=C(/C(C)=O)C1=C(C=C)CCC1O.CC.CC.CC. The minimum atomic E-state index is -0.548. The van der Waals surface area contributed by atoms with E-state index in [4.69, 9.17) is 0 Å². The van der Waals surface area contributed by atoms with Crippen LogP contribution in [0.5, 0.6) is 0 Å². The van der Waals surface area contributed by atoms with E-state index in [1.165, 1.54) is 6.92 Å². The van der Waals surface area contributed by atoms with Crippen molar-refractivity contribution in [2.45, 2.75) is 67.4 Å². The lowest BCUT2D eigenvalue weighted by atomic mass is 9.97. The highest BCUT2D eigenvalue weighted by Gasteiger charge is 2.26. The van der Waals surface area contributed by atoms with Crippen molar-refractivity contribution in [3.05, 3.63) is 48.1 Å². The molecule has 0 bridgehead atoms. The van der Waals surface area contributed by atoms with Gasteiger partial charge in [0.05, 0.1) is 6.10 Å². The summed E-state index contributed by atoms with van der Waals surface area (Å²) in [6.07, 6.45) is 5.82. The molecule has 0 heterocycles. The van der Waals surface area contributed by atoms with E-state index in [-0.39, 0.29) is 5.78 Å². The fraction of sp³-hybridized carbons (Fsp3) is 0.526. The van der Waals surface area contributed by atoms with Crippen molar-refractivity contribution in [3.63, 3.8) is 0 Å². The van der Waals surface area contributed by atoms with Crippen LogP contribution in [0, 0.1) is 0 Å². The Hall–Kier alpha value is -1.41. The van der Waals surface area contributed by atoms with Crippen molar-refractivity contribution < 1.29 is 9.90 Å². The van der Waals surface area contributed by atoms with Crippen LogP contribution in [0.3, 0.4) is 0 Å². The number of aliphatic hydroxyl groups excluding tert-OH is 1. The Morgan fingerprint density at radius 2 is 1.62 bits per heavy atom. The molecule has 1 aliphatic rings. The van der Waals surface area contributed by atoms with Gasteiger partial charge in [-0.15, -0.1) is 0 Å². The Bertz CT molecular complexity index is 360. The van der Waals surface area contributed by atoms with Crippen molar-refractivity contribution in [1.82, 2.24) is 0 Å². The molecular weight excluding hydrogens is 260 g/mol. The van der Waals surface area contributed by atoms with Crippen molar-refractivity contribution in [2.75, 3.05) is 0 Å². The molecule has 0 spiro atoms. The van der Waals surface area contributed by atoms with Crippen LogP contribution in [0.25, 0.3) is 0 Å². The normalized spacial score (nSPS) is 16.4. The lowest BCUT2D eigenvalue weighted by Gasteiger charge is -2.11. The zero-order chi connectivity index (χ0) is 17.4. The summed E-state index contributed by atoms with van der Waals surface area (Å²) in [7, 11) is 0. The molecule has 0 saturated heterocycles. The number of hydrogen-bond donors (Lipinski definition) is 1. The first kappa shape index (κ1) is 24.6. The maximum atomic E-state index is 11.4. The summed E-state index contributed by atoms with van der Waals surface area (Å²) < 4.78 is 0. The largest absolute Gasteiger partial charge is 0.388 e. The van der Waals surface area contributed by atoms with E-state index in [0.29, 0.717) is 12.0 Å². The first-order valence-electron chi connectivity index (χ1n) is 7.99. The van der Waals surface area contributed by atoms with E-state index in [0.717, 1.165) is 17.6 Å². The lowest BCUT2D eigenvalue weighted by Crippen LogP contribution is -2.11. The third-order valence-electron chi connectivity index (χ3n) is 2.57. The number of Topliss-reactive ketones (excluding diaryl/α,β-unsaturated/α-hetero) is 1. The van der Waals surface area contributed by atoms with Crippen LogP contribution in [-0.2, 0) is 4.79 Å². The molecule has 0 aromatic carbocycles. The number of allylic oxidation sites excluding steroid dienone is 4. The fourth-order valence-electron chi connectivity index (χ4n) is 1.86. The van der Waals surface area contributed by atoms with E-state index >= 15 is 0 Å². The fourth-order valence-corrected chi connectivity index (χ4v) is 1.86. The monoisotopic (exact) mass is 294 g/mol. The van der Waals surface area contributed by atoms with Gasteiger partial charge in [0.15, 0.2) is 5.78 Å². The number of rotatable bonds is 4. The minimum Gasteiger partial charge on any atom is -0.388 e. The zero-order valence-corrected chi connectivity index (χ0v) is 15.0. The average molecular weight is 294 g/mol. The van der Waals surface area contributed by atoms with Gasteiger partial charge in [-0.05, 0) is 30.9 Å². The van der Waals surface area contributed by atoms with Gasteiger partial charge in [0.25, 0.3) is 0 Å². The standard InChI is InChI=1S/C13H16O2.3C2H6/c1-4-6-11(9(3)14)13-10(5-2)7-8-12(13)15;3*1-2/h4-6,12,15H,1-2,7-8H2,3H3;3*1-2H3/b11-6-;;;. The number of aliphatic hydroxyl groups is 1. The van der Waals surface area contributed by atoms with E-state index in [9.17, 15) is 9.90 Å². The summed E-state index contributed by atoms with van der Waals surface area (Å²) in [5.74, 6) is -0.0507. The Balaban J connectivity index is -0.000000478. The van der Waals surface area contributed by atoms with Gasteiger partial charge in [0.1, 0.15) is 0 Å². The Morgan fingerprint density at radius 3 is 1.95 bits per heavy atom. The van der Waals surface area contributed by atoms with Crippen molar-refractivity contribution in [2.24, 2.45) is 0 Å². The van der Waals surface area contributed by atoms with Gasteiger partial charge in [0.2, 0.25) is 0 Å². The molecule has 21 heavy (non-hydrogen) atoms. The Labute approximate surface area is 132 Å². The summed E-state index contributed by atoms with van der Waals surface area (Å²) in [6, 6.07) is 0. The van der Waals surface area contributed by atoms with Crippen LogP contribution in [0.2, 0.25) is 0 Å². The molecule has 0 amide bonds. The van der Waals surface area contributed by atoms with Crippen molar-refractivity contribution in [1.29, 1.82) is 0 Å². The van der Waals surface area contributed by atoms with E-state index < -0.39 is 6.10 Å². The molecule has 0 aromatic rings. The molecule has 0 fully saturated rings. The third-order valence-corrected chi connectivity index (χ3v) is 2.57. The summed E-state index contributed by atoms with van der Waals surface area (Å²) in [5.41, 5.74) is 2.23. The molecule has 2 heteroatoms. The van der Waals surface area contributed by atoms with Crippen LogP contribution in [0.4, 0.5) is 0 Å². The highest BCUT2D eigenvalue weighted by atomic mass is 16.3. The minimum absolute atomic E-state index is 0.0507. The molecule has 122 valence electrons. The van der Waals surface area contributed by atoms with Crippen molar-refractivity contribution >= 4 is 5.78 Å². The molecule has 1 aliphatic carbocycles. The van der Waals surface area contributed by atoms with Crippen LogP contribution in [0.15, 0.2) is 48.1 Å². The van der Waals surface area contributed by atoms with Gasteiger partial charge < -0.3 is 5.11 Å². The van der Waals surface area contributed by atoms with E-state index in [1.54, 1.807) is 18.2 Å². The predicted molar refractivity (Wildman–Crippen MR) is 95.5 cm³/mol. The lowest BCUT2D eigenvalue weighted by molar-refractivity contribution is -0.113. The van der Waals surface area contributed by atoms with E-state index in [2.05, 4.69) is 13.2 Å². The summed E-state index contributed by atoms with van der Waals surface area (Å²) in [4.78, 5) is 11.4. The van der Waals surface area contributed by atoms with Gasteiger partial charge in [-0.3, -0.25) is 4.79 Å². The second kappa shape index (κ2) is 16.6. The Kier molecular flexibility index (Phi) is 19.5. The molecule has 1 atom stereocenters. The molecule has 0 saturated carbocycles. The molecule has 0 aliphatic heterocycles. The molecule has 1 rings (SSSR count). The van der Waals surface area contributed by atoms with Gasteiger partial charge in [-0.25, -0.2) is 0 Å². The van der Waals surface area contributed by atoms with Gasteiger partial charge in [0, 0.05) is 5.57 Å². The molecule has 0 aromatic heterocycles. The Morgan fingerprint density at radius 1 is 1.14 bits per heavy atom. The smallest absolute Gasteiger partial charge is 0.160 e. The van der Waals surface area contributed by atoms with Crippen LogP contribution < -0.4 is 0 Å². The first-order chi connectivity index (χ1) is 10.1. The summed E-state index contributed by atoms with van der Waals surface area (Å²) in [6.45, 7) is 20.8. The van der Waals surface area contributed by atoms with Gasteiger partial charge in [-0.2, -0.15) is 0 Å². The van der Waals surface area contributed by atoms with Gasteiger partial charge >= 0.3 is 0 Å². The third kappa shape index (κ3) is 8.46. The second-order valence-electron chi connectivity index (χ2n) is 3.57. The number of carbonyl (C=O) groups excluding carboxylic acids is 1. The topological polar surface area (TPSA) is 37.3 Å². The van der Waals surface area contributed by atoms with Crippen LogP contribution in [0.1, 0.15) is 61.3 Å². The van der Waals surface area contributed by atoms with E-state index in [1.807, 2.05) is 41.5 Å². The average Bonchev–Trinajstić information content (AvgIpc) is 2.91. The second-order valence-corrected chi connectivity index (χ2v) is 3.57. The summed E-state index contributed by atoms with van der Waals surface area (Å²) >= 11 is 0. The molecular formula is C19H34O2. The summed E-state index contributed by atoms with van der Waals surface area (Å²) in [5, 5.41) is 9.80. The maximum absolute atomic E-state index is 11.4. The zero-order valence-electron chi connectivity index (χ0n) is 15.0. The van der Waals surface area contributed by atoms with Crippen LogP contribution in [-0.4, -0.2) is 17.0 Å². The molecule has 1 unspecified atom stereocenters. The highest BCUT2D eigenvalue weighted by Crippen LogP contribution is 2.32. The quantitative estimate of drug-likeness (QED) is 0.556. The molecule has 0 radical (unpaired) electrons. The van der Waals surface area contributed by atoms with Crippen LogP contribution >= 0.6 is 0 Å². The first-order valence-corrected chi connectivity index (χ1v) is 7.99. The number of carbonyl (C=O) groups is 1. The molecule has 2 nitrogen and oxygen atoms in total. The van der Waals surface area contributed by atoms with Gasteiger partial charge in [-0.1, -0.05) is 72.9 Å². The predicted octanol–water partition coefficient (Wildman–Crippen LogP) is 5.40.